The number of benzene rings is 1. The Morgan fingerprint density at radius 1 is 1.00 bits per heavy atom. The van der Waals surface area contributed by atoms with Crippen molar-refractivity contribution in [2.75, 3.05) is 6.61 Å². The van der Waals surface area contributed by atoms with E-state index < -0.39 is 7.12 Å². The van der Waals surface area contributed by atoms with Crippen LogP contribution < -0.4 is 4.74 Å². The van der Waals surface area contributed by atoms with Crippen LogP contribution in [0.5, 0.6) is 5.88 Å². The Balaban J connectivity index is 1.97. The zero-order valence-electron chi connectivity index (χ0n) is 16.2. The van der Waals surface area contributed by atoms with Gasteiger partial charge in [0, 0.05) is 12.3 Å². The summed E-state index contributed by atoms with van der Waals surface area (Å²) in [6, 6.07) is 14.1. The van der Waals surface area contributed by atoms with Crippen molar-refractivity contribution >= 4 is 12.7 Å². The van der Waals surface area contributed by atoms with Crippen LogP contribution in [0.25, 0.3) is 5.57 Å². The van der Waals surface area contributed by atoms with Crippen LogP contribution in [-0.2, 0) is 9.31 Å². The van der Waals surface area contributed by atoms with Crippen LogP contribution >= 0.6 is 0 Å². The van der Waals surface area contributed by atoms with Crippen molar-refractivity contribution in [2.24, 2.45) is 0 Å². The van der Waals surface area contributed by atoms with Gasteiger partial charge in [0.2, 0.25) is 5.88 Å². The van der Waals surface area contributed by atoms with Crippen molar-refractivity contribution in [3.05, 3.63) is 65.8 Å². The predicted octanol–water partition coefficient (Wildman–Crippen LogP) is 4.54. The highest BCUT2D eigenvalue weighted by molar-refractivity contribution is 6.53. The van der Waals surface area contributed by atoms with Gasteiger partial charge < -0.3 is 14.0 Å². The summed E-state index contributed by atoms with van der Waals surface area (Å²) in [5.74, 6) is 2.66. The third-order valence-corrected chi connectivity index (χ3v) is 5.00. The molecule has 1 aromatic heterocycles. The van der Waals surface area contributed by atoms with E-state index in [9.17, 15) is 0 Å². The minimum atomic E-state index is -0.415. The lowest BCUT2D eigenvalue weighted by Gasteiger charge is -2.32. The average Bonchev–Trinajstić information content (AvgIpc) is 2.81. The number of pyridine rings is 1. The van der Waals surface area contributed by atoms with E-state index in [0.29, 0.717) is 12.5 Å². The lowest BCUT2D eigenvalue weighted by atomic mass is 9.83. The molecule has 4 nitrogen and oxygen atoms in total. The van der Waals surface area contributed by atoms with Gasteiger partial charge >= 0.3 is 7.12 Å². The monoisotopic (exact) mass is 351 g/mol. The molecule has 2 aromatic rings. The van der Waals surface area contributed by atoms with E-state index in [1.54, 1.807) is 0 Å². The van der Waals surface area contributed by atoms with Gasteiger partial charge in [-0.2, -0.15) is 0 Å². The number of rotatable bonds is 5. The highest BCUT2D eigenvalue weighted by atomic mass is 16.7. The van der Waals surface area contributed by atoms with Crippen molar-refractivity contribution in [3.8, 4) is 5.88 Å². The molecule has 0 radical (unpaired) electrons. The third kappa shape index (κ3) is 3.84. The lowest BCUT2D eigenvalue weighted by molar-refractivity contribution is 0.00578. The van der Waals surface area contributed by atoms with Gasteiger partial charge in [-0.3, -0.25) is 0 Å². The molecule has 0 unspecified atom stereocenters. The van der Waals surface area contributed by atoms with Crippen LogP contribution in [0.4, 0.5) is 0 Å². The second-order valence-electron chi connectivity index (χ2n) is 7.39. The number of nitrogens with zero attached hydrogens (tertiary/aromatic N) is 1. The molecule has 0 spiro atoms. The molecule has 1 aromatic carbocycles. The molecule has 2 heterocycles. The summed E-state index contributed by atoms with van der Waals surface area (Å²) in [6.45, 7) is 10.8. The normalized spacial score (nSPS) is 18.8. The van der Waals surface area contributed by atoms with Gasteiger partial charge in [0.25, 0.3) is 0 Å². The zero-order chi connectivity index (χ0) is 18.8. The van der Waals surface area contributed by atoms with E-state index >= 15 is 0 Å². The van der Waals surface area contributed by atoms with Crippen LogP contribution in [0.15, 0.2) is 54.6 Å². The Kier molecular flexibility index (Phi) is 5.21. The van der Waals surface area contributed by atoms with Gasteiger partial charge in [0.05, 0.1) is 17.8 Å². The van der Waals surface area contributed by atoms with E-state index in [2.05, 4.69) is 44.8 Å². The van der Waals surface area contributed by atoms with E-state index in [1.165, 1.54) is 0 Å². The second kappa shape index (κ2) is 7.26. The molecule has 26 heavy (non-hydrogen) atoms. The van der Waals surface area contributed by atoms with Gasteiger partial charge in [-0.25, -0.2) is 4.98 Å². The molecule has 0 N–H and O–H groups in total. The molecule has 1 aliphatic rings. The first-order chi connectivity index (χ1) is 12.3. The molecule has 0 aliphatic carbocycles. The summed E-state index contributed by atoms with van der Waals surface area (Å²) >= 11 is 0. The van der Waals surface area contributed by atoms with Crippen molar-refractivity contribution < 1.29 is 14.0 Å². The topological polar surface area (TPSA) is 40.6 Å². The van der Waals surface area contributed by atoms with Crippen LogP contribution in [-0.4, -0.2) is 29.9 Å². The van der Waals surface area contributed by atoms with Gasteiger partial charge in [-0.1, -0.05) is 30.3 Å². The standard InChI is InChI=1S/C21H26BNO3/c1-6-24-19-13-12-17(15-23-19)18(16-10-8-7-9-11-16)14-22-25-20(2,3)21(4,5)26-22/h7-15H,6H2,1-5H3/b18-14+. The van der Waals surface area contributed by atoms with E-state index in [1.807, 2.05) is 49.4 Å². The number of ether oxygens (including phenoxy) is 1. The molecule has 0 bridgehead atoms. The fraction of sp³-hybridized carbons (Fsp3) is 0.381. The smallest absolute Gasteiger partial charge is 0.478 e. The first-order valence-corrected chi connectivity index (χ1v) is 9.04. The molecule has 3 rings (SSSR count). The predicted molar refractivity (Wildman–Crippen MR) is 105 cm³/mol. The highest BCUT2D eigenvalue weighted by Gasteiger charge is 2.50. The SMILES string of the molecule is CCOc1ccc(/C(=C/B2OC(C)(C)C(C)(C)O2)c2ccccc2)cn1. The Bertz CT molecular complexity index is 754. The van der Waals surface area contributed by atoms with E-state index in [0.717, 1.165) is 16.7 Å². The van der Waals surface area contributed by atoms with Gasteiger partial charge in [-0.05, 0) is 63.4 Å². The van der Waals surface area contributed by atoms with Crippen LogP contribution in [0, 0.1) is 0 Å². The summed E-state index contributed by atoms with van der Waals surface area (Å²) < 4.78 is 17.8. The Hall–Kier alpha value is -2.11. The highest BCUT2D eigenvalue weighted by Crippen LogP contribution is 2.38. The molecule has 1 aliphatic heterocycles. The van der Waals surface area contributed by atoms with E-state index in [-0.39, 0.29) is 11.2 Å². The summed E-state index contributed by atoms with van der Waals surface area (Å²) in [6.07, 6.45) is 1.83. The Morgan fingerprint density at radius 2 is 1.65 bits per heavy atom. The number of hydrogen-bond donors (Lipinski definition) is 0. The number of hydrogen-bond acceptors (Lipinski definition) is 4. The fourth-order valence-corrected chi connectivity index (χ4v) is 2.84. The Labute approximate surface area is 156 Å². The maximum absolute atomic E-state index is 6.16. The molecule has 0 atom stereocenters. The summed E-state index contributed by atoms with van der Waals surface area (Å²) in [4.78, 5) is 4.40. The average molecular weight is 351 g/mol. The fourth-order valence-electron chi connectivity index (χ4n) is 2.84. The summed E-state index contributed by atoms with van der Waals surface area (Å²) in [5, 5.41) is 0. The molecular weight excluding hydrogens is 325 g/mol. The minimum absolute atomic E-state index is 0.368. The molecule has 0 amide bonds. The molecular formula is C21H26BNO3. The quantitative estimate of drug-likeness (QED) is 0.742. The van der Waals surface area contributed by atoms with E-state index in [4.69, 9.17) is 14.0 Å². The molecule has 5 heteroatoms. The van der Waals surface area contributed by atoms with Crippen molar-refractivity contribution in [3.63, 3.8) is 0 Å². The zero-order valence-corrected chi connectivity index (χ0v) is 16.2. The van der Waals surface area contributed by atoms with Gasteiger partial charge in [0.1, 0.15) is 0 Å². The maximum Gasteiger partial charge on any atom is 0.487 e. The summed E-state index contributed by atoms with van der Waals surface area (Å²) in [5.41, 5.74) is 2.38. The lowest BCUT2D eigenvalue weighted by Crippen LogP contribution is -2.41. The molecule has 1 saturated heterocycles. The minimum Gasteiger partial charge on any atom is -0.478 e. The number of aromatic nitrogens is 1. The van der Waals surface area contributed by atoms with Crippen molar-refractivity contribution in [2.45, 2.75) is 45.8 Å². The van der Waals surface area contributed by atoms with Crippen LogP contribution in [0.2, 0.25) is 0 Å². The van der Waals surface area contributed by atoms with Crippen molar-refractivity contribution in [1.29, 1.82) is 0 Å². The van der Waals surface area contributed by atoms with Crippen LogP contribution in [0.3, 0.4) is 0 Å². The molecule has 136 valence electrons. The van der Waals surface area contributed by atoms with Gasteiger partial charge in [0.15, 0.2) is 0 Å². The second-order valence-corrected chi connectivity index (χ2v) is 7.39. The van der Waals surface area contributed by atoms with Crippen molar-refractivity contribution in [1.82, 2.24) is 4.98 Å². The van der Waals surface area contributed by atoms with Gasteiger partial charge in [-0.15, -0.1) is 0 Å². The first kappa shape index (κ1) is 18.7. The molecule has 0 saturated carbocycles. The van der Waals surface area contributed by atoms with Crippen LogP contribution in [0.1, 0.15) is 45.7 Å². The first-order valence-electron chi connectivity index (χ1n) is 9.04. The third-order valence-electron chi connectivity index (χ3n) is 5.00. The molecule has 1 fully saturated rings. The maximum atomic E-state index is 6.16. The largest absolute Gasteiger partial charge is 0.487 e. The summed E-state index contributed by atoms with van der Waals surface area (Å²) in [7, 11) is -0.415. The Morgan fingerprint density at radius 3 is 2.19 bits per heavy atom.